The SMILES string of the molecule is CN=C(NCC1(c2ccccc2Cl)CCOCC1)N(C)CCOCC1CC1. The van der Waals surface area contributed by atoms with Crippen LogP contribution < -0.4 is 5.32 Å². The lowest BCUT2D eigenvalue weighted by Crippen LogP contribution is -2.49. The van der Waals surface area contributed by atoms with Crippen LogP contribution in [0.2, 0.25) is 5.02 Å². The standard InChI is InChI=1S/C21H32ClN3O2/c1-23-20(25(2)11-14-27-15-17-7-8-17)24-16-21(9-12-26-13-10-21)18-5-3-4-6-19(18)22/h3-6,17H,7-16H2,1-2H3,(H,23,24). The van der Waals surface area contributed by atoms with Crippen molar-refractivity contribution in [3.63, 3.8) is 0 Å². The molecule has 2 fully saturated rings. The molecule has 0 spiro atoms. The highest BCUT2D eigenvalue weighted by Gasteiger charge is 2.36. The van der Waals surface area contributed by atoms with E-state index in [-0.39, 0.29) is 5.41 Å². The number of ether oxygens (including phenoxy) is 2. The zero-order valence-corrected chi connectivity index (χ0v) is 17.3. The lowest BCUT2D eigenvalue weighted by atomic mass is 9.74. The molecule has 1 saturated heterocycles. The molecule has 3 rings (SSSR count). The van der Waals surface area contributed by atoms with E-state index in [0.29, 0.717) is 0 Å². The number of nitrogens with one attached hydrogen (secondary N) is 1. The molecule has 0 aromatic heterocycles. The minimum atomic E-state index is -0.0319. The first-order chi connectivity index (χ1) is 13.1. The first kappa shape index (κ1) is 20.4. The Hall–Kier alpha value is -1.30. The van der Waals surface area contributed by atoms with E-state index in [0.717, 1.165) is 69.3 Å². The van der Waals surface area contributed by atoms with Gasteiger partial charge in [-0.25, -0.2) is 0 Å². The van der Waals surface area contributed by atoms with E-state index in [1.807, 2.05) is 19.2 Å². The molecule has 1 N–H and O–H groups in total. The summed E-state index contributed by atoms with van der Waals surface area (Å²) in [7, 11) is 3.89. The molecule has 1 saturated carbocycles. The third kappa shape index (κ3) is 5.59. The van der Waals surface area contributed by atoms with Crippen molar-refractivity contribution >= 4 is 17.6 Å². The predicted octanol–water partition coefficient (Wildman–Crippen LogP) is 3.32. The van der Waals surface area contributed by atoms with E-state index in [9.17, 15) is 0 Å². The molecule has 0 amide bonds. The minimum absolute atomic E-state index is 0.0319. The topological polar surface area (TPSA) is 46.1 Å². The third-order valence-electron chi connectivity index (χ3n) is 5.67. The molecule has 1 aliphatic heterocycles. The van der Waals surface area contributed by atoms with Gasteiger partial charge < -0.3 is 19.7 Å². The van der Waals surface area contributed by atoms with Crippen LogP contribution in [0.3, 0.4) is 0 Å². The molecule has 6 heteroatoms. The molecular formula is C21H32ClN3O2. The molecule has 0 unspecified atom stereocenters. The van der Waals surface area contributed by atoms with Crippen LogP contribution in [0, 0.1) is 5.92 Å². The number of hydrogen-bond donors (Lipinski definition) is 1. The number of nitrogens with zero attached hydrogens (tertiary/aromatic N) is 2. The summed E-state index contributed by atoms with van der Waals surface area (Å²) >= 11 is 6.55. The van der Waals surface area contributed by atoms with Gasteiger partial charge in [0.1, 0.15) is 0 Å². The number of benzene rings is 1. The predicted molar refractivity (Wildman–Crippen MR) is 111 cm³/mol. The summed E-state index contributed by atoms with van der Waals surface area (Å²) in [5.74, 6) is 1.69. The fraction of sp³-hybridized carbons (Fsp3) is 0.667. The first-order valence-electron chi connectivity index (χ1n) is 9.97. The lowest BCUT2D eigenvalue weighted by molar-refractivity contribution is 0.0511. The quantitative estimate of drug-likeness (QED) is 0.418. The molecule has 1 aromatic carbocycles. The van der Waals surface area contributed by atoms with Crippen molar-refractivity contribution in [1.82, 2.24) is 10.2 Å². The summed E-state index contributed by atoms with van der Waals surface area (Å²) in [6.45, 7) is 4.77. The second kappa shape index (κ2) is 9.76. The maximum absolute atomic E-state index is 6.55. The molecule has 150 valence electrons. The highest BCUT2D eigenvalue weighted by atomic mass is 35.5. The van der Waals surface area contributed by atoms with E-state index >= 15 is 0 Å². The number of rotatable bonds is 8. The minimum Gasteiger partial charge on any atom is -0.381 e. The fourth-order valence-corrected chi connectivity index (χ4v) is 4.01. The Morgan fingerprint density at radius 1 is 1.33 bits per heavy atom. The molecule has 0 radical (unpaired) electrons. The highest BCUT2D eigenvalue weighted by Crippen LogP contribution is 2.38. The van der Waals surface area contributed by atoms with Crippen LogP contribution in [-0.2, 0) is 14.9 Å². The second-order valence-electron chi connectivity index (χ2n) is 7.71. The van der Waals surface area contributed by atoms with Crippen LogP contribution >= 0.6 is 11.6 Å². The van der Waals surface area contributed by atoms with Gasteiger partial charge in [-0.05, 0) is 43.2 Å². The molecule has 27 heavy (non-hydrogen) atoms. The summed E-state index contributed by atoms with van der Waals surface area (Å²) in [6, 6.07) is 8.18. The van der Waals surface area contributed by atoms with Crippen LogP contribution in [0.4, 0.5) is 0 Å². The van der Waals surface area contributed by atoms with Crippen molar-refractivity contribution in [2.45, 2.75) is 31.1 Å². The van der Waals surface area contributed by atoms with Crippen molar-refractivity contribution < 1.29 is 9.47 Å². The third-order valence-corrected chi connectivity index (χ3v) is 6.00. The largest absolute Gasteiger partial charge is 0.381 e. The van der Waals surface area contributed by atoms with Gasteiger partial charge in [-0.15, -0.1) is 0 Å². The normalized spacial score (nSPS) is 19.7. The van der Waals surface area contributed by atoms with Crippen molar-refractivity contribution in [3.8, 4) is 0 Å². The number of hydrogen-bond acceptors (Lipinski definition) is 3. The monoisotopic (exact) mass is 393 g/mol. The van der Waals surface area contributed by atoms with Gasteiger partial charge in [0, 0.05) is 57.4 Å². The number of likely N-dealkylation sites (N-methyl/N-ethyl adjacent to an activating group) is 1. The molecule has 1 heterocycles. The first-order valence-corrected chi connectivity index (χ1v) is 10.3. The van der Waals surface area contributed by atoms with Gasteiger partial charge in [-0.1, -0.05) is 29.8 Å². The second-order valence-corrected chi connectivity index (χ2v) is 8.12. The molecule has 0 atom stereocenters. The smallest absolute Gasteiger partial charge is 0.193 e. The van der Waals surface area contributed by atoms with Gasteiger partial charge in [-0.2, -0.15) is 0 Å². The molecule has 1 aromatic rings. The van der Waals surface area contributed by atoms with Crippen LogP contribution in [-0.4, -0.2) is 64.5 Å². The fourth-order valence-electron chi connectivity index (χ4n) is 3.67. The average Bonchev–Trinajstić information content (AvgIpc) is 3.51. The van der Waals surface area contributed by atoms with Gasteiger partial charge in [-0.3, -0.25) is 4.99 Å². The van der Waals surface area contributed by atoms with Gasteiger partial charge >= 0.3 is 0 Å². The van der Waals surface area contributed by atoms with Gasteiger partial charge in [0.05, 0.1) is 6.61 Å². The van der Waals surface area contributed by atoms with E-state index in [1.165, 1.54) is 18.4 Å². The van der Waals surface area contributed by atoms with Crippen LogP contribution in [0.1, 0.15) is 31.2 Å². The number of guanidine groups is 1. The van der Waals surface area contributed by atoms with Crippen molar-refractivity contribution in [1.29, 1.82) is 0 Å². The number of halogens is 1. The maximum Gasteiger partial charge on any atom is 0.193 e. The summed E-state index contributed by atoms with van der Waals surface area (Å²) in [6.07, 6.45) is 4.56. The zero-order valence-electron chi connectivity index (χ0n) is 16.5. The average molecular weight is 394 g/mol. The Morgan fingerprint density at radius 3 is 2.74 bits per heavy atom. The van der Waals surface area contributed by atoms with Gasteiger partial charge in [0.15, 0.2) is 5.96 Å². The van der Waals surface area contributed by atoms with Crippen LogP contribution in [0.25, 0.3) is 0 Å². The summed E-state index contributed by atoms with van der Waals surface area (Å²) in [5.41, 5.74) is 1.17. The Labute approximate surface area is 168 Å². The van der Waals surface area contributed by atoms with E-state index in [2.05, 4.69) is 34.4 Å². The Bertz CT molecular complexity index is 628. The number of aliphatic imine (C=N–C) groups is 1. The molecule has 0 bridgehead atoms. The van der Waals surface area contributed by atoms with Crippen molar-refractivity contribution in [2.24, 2.45) is 10.9 Å². The van der Waals surface area contributed by atoms with Gasteiger partial charge in [0.25, 0.3) is 0 Å². The molecule has 5 nitrogen and oxygen atoms in total. The summed E-state index contributed by atoms with van der Waals surface area (Å²) < 4.78 is 11.4. The van der Waals surface area contributed by atoms with E-state index < -0.39 is 0 Å². The maximum atomic E-state index is 6.55. The van der Waals surface area contributed by atoms with Crippen LogP contribution in [0.5, 0.6) is 0 Å². The van der Waals surface area contributed by atoms with E-state index in [4.69, 9.17) is 21.1 Å². The molecule has 2 aliphatic rings. The Balaban J connectivity index is 1.58. The summed E-state index contributed by atoms with van der Waals surface area (Å²) in [5, 5.41) is 4.41. The van der Waals surface area contributed by atoms with Crippen molar-refractivity contribution in [3.05, 3.63) is 34.9 Å². The molecule has 1 aliphatic carbocycles. The van der Waals surface area contributed by atoms with E-state index in [1.54, 1.807) is 0 Å². The highest BCUT2D eigenvalue weighted by molar-refractivity contribution is 6.31. The zero-order chi connectivity index (χ0) is 19.1. The van der Waals surface area contributed by atoms with Crippen LogP contribution in [0.15, 0.2) is 29.3 Å². The van der Waals surface area contributed by atoms with Crippen molar-refractivity contribution in [2.75, 3.05) is 53.6 Å². The van der Waals surface area contributed by atoms with Gasteiger partial charge in [0.2, 0.25) is 0 Å². The Morgan fingerprint density at radius 2 is 2.07 bits per heavy atom. The summed E-state index contributed by atoms with van der Waals surface area (Å²) in [4.78, 5) is 6.59. The lowest BCUT2D eigenvalue weighted by Gasteiger charge is -2.39. The molecular weight excluding hydrogens is 362 g/mol. The Kier molecular flexibility index (Phi) is 7.39.